The Labute approximate surface area is 210 Å². The van der Waals surface area contributed by atoms with Gasteiger partial charge in [-0.15, -0.1) is 0 Å². The van der Waals surface area contributed by atoms with Crippen LogP contribution >= 0.6 is 11.6 Å². The first-order valence-corrected chi connectivity index (χ1v) is 12.3. The predicted molar refractivity (Wildman–Crippen MR) is 138 cm³/mol. The van der Waals surface area contributed by atoms with Gasteiger partial charge in [-0.05, 0) is 30.7 Å². The zero-order chi connectivity index (χ0) is 24.4. The maximum absolute atomic E-state index is 14.2. The molecule has 2 aliphatic heterocycles. The van der Waals surface area contributed by atoms with Crippen molar-refractivity contribution in [2.24, 2.45) is 5.10 Å². The predicted octanol–water partition coefficient (Wildman–Crippen LogP) is 5.29. The first-order chi connectivity index (χ1) is 17.0. The number of amides is 1. The summed E-state index contributed by atoms with van der Waals surface area (Å²) in [5.41, 5.74) is 4.52. The Hall–Kier alpha value is -3.22. The summed E-state index contributed by atoms with van der Waals surface area (Å²) in [7, 11) is 0. The highest BCUT2D eigenvalue weighted by Gasteiger charge is 2.34. The Morgan fingerprint density at radius 1 is 0.971 bits per heavy atom. The lowest BCUT2D eigenvalue weighted by molar-refractivity contribution is -0.134. The number of hydrogen-bond acceptors (Lipinski definition) is 4. The molecule has 1 atom stereocenters. The molecule has 2 heterocycles. The molecule has 1 amide bonds. The molecule has 2 aliphatic rings. The number of hydrogen-bond donors (Lipinski definition) is 0. The fraction of sp³-hybridized carbons (Fsp3) is 0.286. The summed E-state index contributed by atoms with van der Waals surface area (Å²) >= 11 is 6.45. The van der Waals surface area contributed by atoms with Gasteiger partial charge in [0.05, 0.1) is 24.0 Å². The van der Waals surface area contributed by atoms with E-state index >= 15 is 0 Å². The second-order valence-corrected chi connectivity index (χ2v) is 9.52. The van der Waals surface area contributed by atoms with E-state index in [0.29, 0.717) is 43.3 Å². The number of carbonyl (C=O) groups excluding carboxylic acids is 1. The van der Waals surface area contributed by atoms with Gasteiger partial charge in [0.1, 0.15) is 5.82 Å². The summed E-state index contributed by atoms with van der Waals surface area (Å²) in [5.74, 6) is -0.256. The highest BCUT2D eigenvalue weighted by atomic mass is 35.5. The number of aryl methyl sites for hydroxylation is 1. The molecular weight excluding hydrogens is 463 g/mol. The third-order valence-corrected chi connectivity index (χ3v) is 7.07. The number of carbonyl (C=O) groups is 1. The van der Waals surface area contributed by atoms with Crippen molar-refractivity contribution in [3.05, 3.63) is 100 Å². The van der Waals surface area contributed by atoms with Crippen LogP contribution < -0.4 is 4.90 Å². The highest BCUT2D eigenvalue weighted by molar-refractivity contribution is 6.34. The van der Waals surface area contributed by atoms with Crippen LogP contribution in [0.15, 0.2) is 77.9 Å². The standard InChI is InChI=1S/C28H28ClFN4O/c1-20-10-12-21(13-11-20)27-18-25(22-6-2-3-7-23(22)29)31-34(27)28(35)19-32-14-16-33(17-15-32)26-9-5-4-8-24(26)30/h2-13,27H,14-19H2,1H3/t27-/m1/s1. The van der Waals surface area contributed by atoms with E-state index in [1.807, 2.05) is 42.2 Å². The number of benzene rings is 3. The summed E-state index contributed by atoms with van der Waals surface area (Å²) in [6.45, 7) is 5.03. The van der Waals surface area contributed by atoms with E-state index in [9.17, 15) is 9.18 Å². The van der Waals surface area contributed by atoms with Gasteiger partial charge in [0, 0.05) is 43.2 Å². The van der Waals surface area contributed by atoms with E-state index in [1.165, 1.54) is 11.6 Å². The number of para-hydroxylation sites is 1. The number of piperazine rings is 1. The normalized spacial score (nSPS) is 18.6. The molecule has 0 spiro atoms. The lowest BCUT2D eigenvalue weighted by atomic mass is 9.97. The van der Waals surface area contributed by atoms with E-state index in [4.69, 9.17) is 16.7 Å². The average Bonchev–Trinajstić information content (AvgIpc) is 3.31. The average molecular weight is 491 g/mol. The number of rotatable bonds is 5. The number of nitrogens with zero attached hydrogens (tertiary/aromatic N) is 4. The van der Waals surface area contributed by atoms with Gasteiger partial charge in [0.15, 0.2) is 0 Å². The van der Waals surface area contributed by atoms with E-state index in [1.54, 1.807) is 17.1 Å². The van der Waals surface area contributed by atoms with Crippen LogP contribution in [0.1, 0.15) is 29.2 Å². The van der Waals surface area contributed by atoms with Crippen LogP contribution in [0.25, 0.3) is 0 Å². The smallest absolute Gasteiger partial charge is 0.257 e. The van der Waals surface area contributed by atoms with Gasteiger partial charge in [-0.25, -0.2) is 9.40 Å². The van der Waals surface area contributed by atoms with Crippen molar-refractivity contribution >= 4 is 28.9 Å². The fourth-order valence-electron chi connectivity index (χ4n) is 4.77. The zero-order valence-corrected chi connectivity index (χ0v) is 20.5. The van der Waals surface area contributed by atoms with E-state index in [2.05, 4.69) is 29.2 Å². The van der Waals surface area contributed by atoms with Crippen molar-refractivity contribution in [2.75, 3.05) is 37.6 Å². The Balaban J connectivity index is 1.32. The number of anilines is 1. The molecule has 0 radical (unpaired) electrons. The molecule has 0 aromatic heterocycles. The van der Waals surface area contributed by atoms with Crippen LogP contribution in [0, 0.1) is 12.7 Å². The summed E-state index contributed by atoms with van der Waals surface area (Å²) in [4.78, 5) is 17.7. The van der Waals surface area contributed by atoms with Crippen LogP contribution in [-0.4, -0.2) is 54.3 Å². The largest absolute Gasteiger partial charge is 0.367 e. The summed E-state index contributed by atoms with van der Waals surface area (Å²) in [6.07, 6.45) is 0.611. The monoisotopic (exact) mass is 490 g/mol. The minimum absolute atomic E-state index is 0.0445. The third kappa shape index (κ3) is 5.09. The lowest BCUT2D eigenvalue weighted by Gasteiger charge is -2.36. The summed E-state index contributed by atoms with van der Waals surface area (Å²) in [6, 6.07) is 22.5. The van der Waals surface area contributed by atoms with Gasteiger partial charge in [-0.2, -0.15) is 5.10 Å². The van der Waals surface area contributed by atoms with E-state index in [0.717, 1.165) is 16.8 Å². The maximum Gasteiger partial charge on any atom is 0.257 e. The van der Waals surface area contributed by atoms with Gasteiger partial charge in [0.2, 0.25) is 0 Å². The van der Waals surface area contributed by atoms with Gasteiger partial charge >= 0.3 is 0 Å². The quantitative estimate of drug-likeness (QED) is 0.488. The molecule has 0 saturated carbocycles. The van der Waals surface area contributed by atoms with Crippen LogP contribution in [-0.2, 0) is 4.79 Å². The molecule has 5 nitrogen and oxygen atoms in total. The number of hydrazone groups is 1. The molecule has 1 saturated heterocycles. The second kappa shape index (κ2) is 10.2. The highest BCUT2D eigenvalue weighted by Crippen LogP contribution is 2.34. The summed E-state index contributed by atoms with van der Waals surface area (Å²) in [5, 5.41) is 7.03. The lowest BCUT2D eigenvalue weighted by Crippen LogP contribution is -2.49. The molecule has 7 heteroatoms. The van der Waals surface area contributed by atoms with Crippen molar-refractivity contribution in [3.63, 3.8) is 0 Å². The van der Waals surface area contributed by atoms with Crippen molar-refractivity contribution < 1.29 is 9.18 Å². The maximum atomic E-state index is 14.2. The molecule has 3 aromatic rings. The molecule has 1 fully saturated rings. The van der Waals surface area contributed by atoms with Crippen molar-refractivity contribution in [3.8, 4) is 0 Å². The molecule has 0 unspecified atom stereocenters. The molecule has 180 valence electrons. The third-order valence-electron chi connectivity index (χ3n) is 6.74. The Bertz CT molecular complexity index is 1240. The van der Waals surface area contributed by atoms with Crippen molar-refractivity contribution in [1.29, 1.82) is 0 Å². The molecule has 3 aromatic carbocycles. The molecular formula is C28H28ClFN4O. The molecule has 0 N–H and O–H groups in total. The van der Waals surface area contributed by atoms with Crippen LogP contribution in [0.4, 0.5) is 10.1 Å². The Kier molecular flexibility index (Phi) is 6.84. The van der Waals surface area contributed by atoms with E-state index in [-0.39, 0.29) is 24.3 Å². The van der Waals surface area contributed by atoms with Crippen molar-refractivity contribution in [2.45, 2.75) is 19.4 Å². The van der Waals surface area contributed by atoms with Gasteiger partial charge < -0.3 is 4.90 Å². The molecule has 35 heavy (non-hydrogen) atoms. The first kappa shape index (κ1) is 23.5. The molecule has 0 bridgehead atoms. The minimum atomic E-state index is -0.212. The summed E-state index contributed by atoms with van der Waals surface area (Å²) < 4.78 is 14.2. The van der Waals surface area contributed by atoms with Crippen LogP contribution in [0.2, 0.25) is 5.02 Å². The van der Waals surface area contributed by atoms with Gasteiger partial charge in [0.25, 0.3) is 5.91 Å². The zero-order valence-electron chi connectivity index (χ0n) is 19.7. The Morgan fingerprint density at radius 3 is 2.37 bits per heavy atom. The second-order valence-electron chi connectivity index (χ2n) is 9.11. The van der Waals surface area contributed by atoms with Crippen LogP contribution in [0.3, 0.4) is 0 Å². The molecule has 5 rings (SSSR count). The van der Waals surface area contributed by atoms with Crippen molar-refractivity contribution in [1.82, 2.24) is 9.91 Å². The first-order valence-electron chi connectivity index (χ1n) is 11.9. The van der Waals surface area contributed by atoms with Gasteiger partial charge in [-0.1, -0.05) is 71.8 Å². The van der Waals surface area contributed by atoms with Crippen LogP contribution in [0.5, 0.6) is 0 Å². The van der Waals surface area contributed by atoms with Gasteiger partial charge in [-0.3, -0.25) is 9.69 Å². The molecule has 0 aliphatic carbocycles. The number of halogens is 2. The topological polar surface area (TPSA) is 39.2 Å². The Morgan fingerprint density at radius 2 is 1.66 bits per heavy atom. The fourth-order valence-corrected chi connectivity index (χ4v) is 5.01. The minimum Gasteiger partial charge on any atom is -0.367 e. The SMILES string of the molecule is Cc1ccc([C@H]2CC(c3ccccc3Cl)=NN2C(=O)CN2CCN(c3ccccc3F)CC2)cc1. The van der Waals surface area contributed by atoms with E-state index < -0.39 is 0 Å².